The first-order chi connectivity index (χ1) is 10.0. The summed E-state index contributed by atoms with van der Waals surface area (Å²) in [7, 11) is -3.04. The van der Waals surface area contributed by atoms with Gasteiger partial charge in [0.25, 0.3) is 0 Å². The maximum Gasteiger partial charge on any atom is 0.208 e. The van der Waals surface area contributed by atoms with Crippen molar-refractivity contribution in [1.29, 1.82) is 0 Å². The van der Waals surface area contributed by atoms with E-state index >= 15 is 0 Å². The van der Waals surface area contributed by atoms with Crippen molar-refractivity contribution in [3.63, 3.8) is 0 Å². The second kappa shape index (κ2) is 7.77. The predicted octanol–water partition coefficient (Wildman–Crippen LogP) is 1.14. The Balaban J connectivity index is 1.61. The largest absolute Gasteiger partial charge is 0.369 e. The summed E-state index contributed by atoms with van der Waals surface area (Å²) < 4.78 is 24.4. The molecule has 118 valence electrons. The molecule has 0 aromatic heterocycles. The van der Waals surface area contributed by atoms with Gasteiger partial charge in [0, 0.05) is 38.4 Å². The fraction of sp³-hybridized carbons (Fsp3) is 0.600. The number of para-hydroxylation sites is 1. The number of hydrogen-bond donors (Lipinski definition) is 1. The molecule has 0 bridgehead atoms. The van der Waals surface area contributed by atoms with Crippen molar-refractivity contribution in [3.05, 3.63) is 30.3 Å². The molecule has 0 amide bonds. The summed E-state index contributed by atoms with van der Waals surface area (Å²) in [5, 5.41) is 0. The molecule has 1 N–H and O–H groups in total. The number of hydrogen-bond acceptors (Lipinski definition) is 4. The van der Waals surface area contributed by atoms with Crippen LogP contribution in [0.4, 0.5) is 5.69 Å². The van der Waals surface area contributed by atoms with Gasteiger partial charge in [0.05, 0.1) is 6.26 Å². The molecular formula is C15H25N3O2S. The highest BCUT2D eigenvalue weighted by Gasteiger charge is 2.16. The number of unbranched alkanes of at least 4 members (excludes halogenated alkanes) is 1. The molecule has 2 rings (SSSR count). The van der Waals surface area contributed by atoms with E-state index in [9.17, 15) is 8.42 Å². The highest BCUT2D eigenvalue weighted by atomic mass is 32.2. The second-order valence-corrected chi connectivity index (χ2v) is 7.37. The van der Waals surface area contributed by atoms with Gasteiger partial charge in [-0.1, -0.05) is 18.2 Å². The molecule has 5 nitrogen and oxygen atoms in total. The fourth-order valence-corrected chi connectivity index (χ4v) is 3.10. The monoisotopic (exact) mass is 311 g/mol. The molecule has 0 spiro atoms. The standard InChI is InChI=1S/C15H25N3O2S/c1-21(19,20)16-9-5-6-10-17-11-13-18(14-12-17)15-7-3-2-4-8-15/h2-4,7-8,16H,5-6,9-14H2,1H3. The lowest BCUT2D eigenvalue weighted by Crippen LogP contribution is -2.46. The zero-order valence-electron chi connectivity index (χ0n) is 12.7. The second-order valence-electron chi connectivity index (χ2n) is 5.54. The molecule has 0 radical (unpaired) electrons. The molecule has 0 atom stereocenters. The topological polar surface area (TPSA) is 52.7 Å². The van der Waals surface area contributed by atoms with Gasteiger partial charge in [0.15, 0.2) is 0 Å². The molecular weight excluding hydrogens is 286 g/mol. The molecule has 1 aliphatic rings. The normalized spacial score (nSPS) is 17.1. The summed E-state index contributed by atoms with van der Waals surface area (Å²) in [6.45, 7) is 5.87. The van der Waals surface area contributed by atoms with E-state index in [0.717, 1.165) is 45.6 Å². The first-order valence-electron chi connectivity index (χ1n) is 7.51. The van der Waals surface area contributed by atoms with Crippen LogP contribution in [0.25, 0.3) is 0 Å². The van der Waals surface area contributed by atoms with E-state index in [1.807, 2.05) is 6.07 Å². The van der Waals surface area contributed by atoms with Crippen LogP contribution in [0.2, 0.25) is 0 Å². The average Bonchev–Trinajstić information content (AvgIpc) is 2.47. The molecule has 1 fully saturated rings. The van der Waals surface area contributed by atoms with Gasteiger partial charge in [-0.15, -0.1) is 0 Å². The Labute approximate surface area is 128 Å². The maximum atomic E-state index is 10.9. The van der Waals surface area contributed by atoms with Crippen LogP contribution in [0.1, 0.15) is 12.8 Å². The molecule has 1 saturated heterocycles. The molecule has 1 aromatic rings. The Hall–Kier alpha value is -1.11. The van der Waals surface area contributed by atoms with Crippen molar-refractivity contribution in [2.75, 3.05) is 50.4 Å². The van der Waals surface area contributed by atoms with Gasteiger partial charge in [0.2, 0.25) is 10.0 Å². The third-order valence-corrected chi connectivity index (χ3v) is 4.49. The van der Waals surface area contributed by atoms with Crippen molar-refractivity contribution < 1.29 is 8.42 Å². The van der Waals surface area contributed by atoms with Gasteiger partial charge in [-0.2, -0.15) is 0 Å². The molecule has 6 heteroatoms. The summed E-state index contributed by atoms with van der Waals surface area (Å²) in [5.41, 5.74) is 1.30. The number of nitrogens with one attached hydrogen (secondary N) is 1. The molecule has 0 saturated carbocycles. The van der Waals surface area contributed by atoms with Crippen LogP contribution in [-0.2, 0) is 10.0 Å². The van der Waals surface area contributed by atoms with Gasteiger partial charge in [0.1, 0.15) is 0 Å². The summed E-state index contributed by atoms with van der Waals surface area (Å²) in [6, 6.07) is 10.5. The molecule has 21 heavy (non-hydrogen) atoms. The molecule has 1 heterocycles. The van der Waals surface area contributed by atoms with Crippen LogP contribution < -0.4 is 9.62 Å². The van der Waals surface area contributed by atoms with E-state index in [4.69, 9.17) is 0 Å². The average molecular weight is 311 g/mol. The van der Waals surface area contributed by atoms with E-state index in [2.05, 4.69) is 38.8 Å². The van der Waals surface area contributed by atoms with Crippen molar-refractivity contribution in [3.8, 4) is 0 Å². The smallest absolute Gasteiger partial charge is 0.208 e. The number of rotatable bonds is 7. The van der Waals surface area contributed by atoms with Gasteiger partial charge in [-0.05, 0) is 31.5 Å². The first kappa shape index (κ1) is 16.3. The van der Waals surface area contributed by atoms with Crippen molar-refractivity contribution in [1.82, 2.24) is 9.62 Å². The van der Waals surface area contributed by atoms with Crippen LogP contribution in [-0.4, -0.2) is 58.8 Å². The Morgan fingerprint density at radius 2 is 1.71 bits per heavy atom. The fourth-order valence-electron chi connectivity index (χ4n) is 2.59. The van der Waals surface area contributed by atoms with E-state index in [1.54, 1.807) is 0 Å². The maximum absolute atomic E-state index is 10.9. The van der Waals surface area contributed by atoms with Crippen molar-refractivity contribution >= 4 is 15.7 Å². The number of nitrogens with zero attached hydrogens (tertiary/aromatic N) is 2. The minimum Gasteiger partial charge on any atom is -0.369 e. The van der Waals surface area contributed by atoms with E-state index in [0.29, 0.717) is 6.54 Å². The quantitative estimate of drug-likeness (QED) is 0.767. The number of sulfonamides is 1. The molecule has 1 aliphatic heterocycles. The Morgan fingerprint density at radius 1 is 1.05 bits per heavy atom. The molecule has 0 aliphatic carbocycles. The highest BCUT2D eigenvalue weighted by Crippen LogP contribution is 2.15. The number of piperazine rings is 1. The third kappa shape index (κ3) is 6.03. The molecule has 1 aromatic carbocycles. The third-order valence-electron chi connectivity index (χ3n) is 3.76. The van der Waals surface area contributed by atoms with Gasteiger partial charge >= 0.3 is 0 Å². The van der Waals surface area contributed by atoms with E-state index < -0.39 is 10.0 Å². The summed E-state index contributed by atoms with van der Waals surface area (Å²) in [4.78, 5) is 4.88. The number of anilines is 1. The van der Waals surface area contributed by atoms with Gasteiger partial charge < -0.3 is 4.90 Å². The first-order valence-corrected chi connectivity index (χ1v) is 9.41. The Kier molecular flexibility index (Phi) is 6.02. The summed E-state index contributed by atoms with van der Waals surface area (Å²) in [6.07, 6.45) is 3.13. The van der Waals surface area contributed by atoms with Crippen LogP contribution in [0.3, 0.4) is 0 Å². The Bertz CT molecular complexity index is 511. The van der Waals surface area contributed by atoms with Crippen LogP contribution in [0.15, 0.2) is 30.3 Å². The van der Waals surface area contributed by atoms with Crippen LogP contribution in [0, 0.1) is 0 Å². The van der Waals surface area contributed by atoms with Crippen molar-refractivity contribution in [2.24, 2.45) is 0 Å². The predicted molar refractivity (Wildman–Crippen MR) is 87.2 cm³/mol. The van der Waals surface area contributed by atoms with E-state index in [1.165, 1.54) is 11.9 Å². The zero-order valence-corrected chi connectivity index (χ0v) is 13.5. The van der Waals surface area contributed by atoms with Gasteiger partial charge in [-0.25, -0.2) is 13.1 Å². The van der Waals surface area contributed by atoms with Crippen molar-refractivity contribution in [2.45, 2.75) is 12.8 Å². The molecule has 0 unspecified atom stereocenters. The van der Waals surface area contributed by atoms with E-state index in [-0.39, 0.29) is 0 Å². The lowest BCUT2D eigenvalue weighted by atomic mass is 10.2. The number of benzene rings is 1. The highest BCUT2D eigenvalue weighted by molar-refractivity contribution is 7.88. The minimum atomic E-state index is -3.04. The van der Waals surface area contributed by atoms with Gasteiger partial charge in [-0.3, -0.25) is 4.90 Å². The zero-order chi connectivity index (χ0) is 15.1. The lowest BCUT2D eigenvalue weighted by Gasteiger charge is -2.36. The SMILES string of the molecule is CS(=O)(=O)NCCCCN1CCN(c2ccccc2)CC1. The minimum absolute atomic E-state index is 0.544. The Morgan fingerprint density at radius 3 is 2.33 bits per heavy atom. The summed E-state index contributed by atoms with van der Waals surface area (Å²) >= 11 is 0. The summed E-state index contributed by atoms with van der Waals surface area (Å²) in [5.74, 6) is 0. The lowest BCUT2D eigenvalue weighted by molar-refractivity contribution is 0.253. The van der Waals surface area contributed by atoms with Crippen LogP contribution >= 0.6 is 0 Å². The van der Waals surface area contributed by atoms with Crippen LogP contribution in [0.5, 0.6) is 0 Å².